The molecule has 0 saturated carbocycles. The molecular weight excluding hydrogens is 428 g/mol. The van der Waals surface area contributed by atoms with Crippen LogP contribution in [0.5, 0.6) is 0 Å². The lowest BCUT2D eigenvalue weighted by Crippen LogP contribution is -2.63. The molecule has 0 fully saturated rings. The summed E-state index contributed by atoms with van der Waals surface area (Å²) in [4.78, 5) is 25.0. The first-order chi connectivity index (χ1) is 14.5. The van der Waals surface area contributed by atoms with Gasteiger partial charge in [0.15, 0.2) is 8.32 Å². The highest BCUT2D eigenvalue weighted by Gasteiger charge is 2.58. The van der Waals surface area contributed by atoms with E-state index in [2.05, 4.69) is 0 Å². The van der Waals surface area contributed by atoms with Gasteiger partial charge in [0.05, 0.1) is 18.3 Å². The highest BCUT2D eigenvalue weighted by atomic mass is 28.4. The standard InChI is InChI=1S/C24H40O7Si/c1-10-30-22(28)18-14-16(4)19(31-32(8,9)23(5,6)7)20(25)24(18,29)17(21(26)27)13-11-12-15(2)3/h11-15,18-20,25,29H,10H2,1-9H3,(H,26,27)/b12-11-,17-13+/t18-,19+,20-,24+/m0/s1. The van der Waals surface area contributed by atoms with Gasteiger partial charge in [-0.1, -0.05) is 52.8 Å². The van der Waals surface area contributed by atoms with Crippen molar-refractivity contribution in [3.8, 4) is 0 Å². The average Bonchev–Trinajstić information content (AvgIpc) is 2.64. The molecule has 0 aromatic carbocycles. The fourth-order valence-electron chi connectivity index (χ4n) is 3.36. The number of carboxylic acids is 1. The summed E-state index contributed by atoms with van der Waals surface area (Å²) in [5.41, 5.74) is -2.38. The van der Waals surface area contributed by atoms with Gasteiger partial charge in [0, 0.05) is 0 Å². The van der Waals surface area contributed by atoms with Gasteiger partial charge >= 0.3 is 11.9 Å². The van der Waals surface area contributed by atoms with Crippen LogP contribution in [0, 0.1) is 11.8 Å². The maximum atomic E-state index is 12.8. The van der Waals surface area contributed by atoms with E-state index in [9.17, 15) is 24.9 Å². The van der Waals surface area contributed by atoms with Crippen molar-refractivity contribution in [1.82, 2.24) is 0 Å². The Morgan fingerprint density at radius 3 is 2.28 bits per heavy atom. The van der Waals surface area contributed by atoms with Crippen LogP contribution in [0.25, 0.3) is 0 Å². The molecule has 0 amide bonds. The van der Waals surface area contributed by atoms with E-state index in [0.717, 1.165) is 0 Å². The molecule has 0 saturated heterocycles. The van der Waals surface area contributed by atoms with Crippen molar-refractivity contribution in [3.05, 3.63) is 35.5 Å². The minimum absolute atomic E-state index is 0.0532. The summed E-state index contributed by atoms with van der Waals surface area (Å²) in [5.74, 6) is -3.50. The quantitative estimate of drug-likeness (QED) is 0.163. The minimum atomic E-state index is -2.44. The van der Waals surface area contributed by atoms with Gasteiger partial charge < -0.3 is 24.5 Å². The van der Waals surface area contributed by atoms with E-state index in [1.54, 1.807) is 19.9 Å². The SMILES string of the molecule is CCOC(=O)[C@@H]1C=C(C)[C@@H](O[Si](C)(C)C(C)(C)C)[C@H](O)[C@@]1(O)/C(=C/C=C\C(C)C)C(=O)O. The summed E-state index contributed by atoms with van der Waals surface area (Å²) in [6.45, 7) is 17.4. The van der Waals surface area contributed by atoms with E-state index in [1.165, 1.54) is 18.2 Å². The number of hydrogen-bond donors (Lipinski definition) is 3. The number of rotatable bonds is 8. The lowest BCUT2D eigenvalue weighted by atomic mass is 9.69. The molecule has 0 spiro atoms. The van der Waals surface area contributed by atoms with E-state index < -0.39 is 49.6 Å². The summed E-state index contributed by atoms with van der Waals surface area (Å²) in [6.07, 6.45) is 3.30. The van der Waals surface area contributed by atoms with Crippen molar-refractivity contribution in [2.45, 2.75) is 84.4 Å². The molecule has 1 rings (SSSR count). The number of allylic oxidation sites excluding steroid dienone is 3. The second-order valence-electron chi connectivity index (χ2n) is 10.2. The zero-order valence-electron chi connectivity index (χ0n) is 20.8. The van der Waals surface area contributed by atoms with Gasteiger partial charge in [-0.15, -0.1) is 0 Å². The van der Waals surface area contributed by atoms with Gasteiger partial charge in [0.1, 0.15) is 17.6 Å². The Hall–Kier alpha value is -1.74. The predicted molar refractivity (Wildman–Crippen MR) is 127 cm³/mol. The van der Waals surface area contributed by atoms with Crippen LogP contribution in [0.3, 0.4) is 0 Å². The predicted octanol–water partition coefficient (Wildman–Crippen LogP) is 3.83. The Morgan fingerprint density at radius 1 is 1.28 bits per heavy atom. The summed E-state index contributed by atoms with van der Waals surface area (Å²) in [5, 5.41) is 32.9. The van der Waals surface area contributed by atoms with Crippen LogP contribution in [-0.2, 0) is 18.8 Å². The van der Waals surface area contributed by atoms with E-state index in [4.69, 9.17) is 9.16 Å². The number of carboxylic acid groups (broad SMARTS) is 1. The van der Waals surface area contributed by atoms with Crippen LogP contribution in [0.2, 0.25) is 18.1 Å². The number of carbonyl (C=O) groups is 2. The summed E-state index contributed by atoms with van der Waals surface area (Å²) in [7, 11) is -2.41. The van der Waals surface area contributed by atoms with Crippen molar-refractivity contribution < 1.29 is 34.1 Å². The number of carbonyl (C=O) groups excluding carboxylic acids is 1. The van der Waals surface area contributed by atoms with Gasteiger partial charge in [-0.3, -0.25) is 4.79 Å². The van der Waals surface area contributed by atoms with Crippen LogP contribution in [0.15, 0.2) is 35.5 Å². The van der Waals surface area contributed by atoms with Crippen molar-refractivity contribution in [3.63, 3.8) is 0 Å². The Morgan fingerprint density at radius 2 is 1.84 bits per heavy atom. The molecule has 0 heterocycles. The van der Waals surface area contributed by atoms with Gasteiger partial charge in [-0.05, 0) is 49.5 Å². The maximum Gasteiger partial charge on any atom is 0.334 e. The molecule has 0 aromatic rings. The smallest absolute Gasteiger partial charge is 0.334 e. The topological polar surface area (TPSA) is 113 Å². The third kappa shape index (κ3) is 5.98. The second-order valence-corrected chi connectivity index (χ2v) is 15.0. The molecule has 0 bridgehead atoms. The second kappa shape index (κ2) is 10.5. The third-order valence-corrected chi connectivity index (χ3v) is 10.7. The number of hydrogen-bond acceptors (Lipinski definition) is 6. The Labute approximate surface area is 192 Å². The summed E-state index contributed by atoms with van der Waals surface area (Å²) in [6, 6.07) is 0. The van der Waals surface area contributed by atoms with Crippen LogP contribution in [-0.4, -0.2) is 60.0 Å². The Kier molecular flexibility index (Phi) is 9.25. The first-order valence-electron chi connectivity index (χ1n) is 11.1. The van der Waals surface area contributed by atoms with Gasteiger partial charge in [0.2, 0.25) is 0 Å². The highest BCUT2D eigenvalue weighted by Crippen LogP contribution is 2.44. The molecule has 0 aromatic heterocycles. The number of aliphatic hydroxyl groups excluding tert-OH is 1. The number of esters is 1. The van der Waals surface area contributed by atoms with Crippen LogP contribution in [0.4, 0.5) is 0 Å². The molecule has 32 heavy (non-hydrogen) atoms. The molecule has 0 radical (unpaired) electrons. The fraction of sp³-hybridized carbons (Fsp3) is 0.667. The van der Waals surface area contributed by atoms with Crippen molar-refractivity contribution in [2.24, 2.45) is 11.8 Å². The molecule has 182 valence electrons. The zero-order chi connectivity index (χ0) is 25.1. The molecule has 1 aliphatic carbocycles. The van der Waals surface area contributed by atoms with Crippen LogP contribution in [0.1, 0.15) is 48.5 Å². The Balaban J connectivity index is 3.70. The zero-order valence-corrected chi connectivity index (χ0v) is 21.8. The molecule has 0 aliphatic heterocycles. The first-order valence-corrected chi connectivity index (χ1v) is 14.0. The molecule has 3 N–H and O–H groups in total. The molecule has 8 heteroatoms. The summed E-state index contributed by atoms with van der Waals surface area (Å²) < 4.78 is 11.5. The van der Waals surface area contributed by atoms with E-state index in [0.29, 0.717) is 5.57 Å². The number of ether oxygens (including phenoxy) is 1. The van der Waals surface area contributed by atoms with Crippen LogP contribution < -0.4 is 0 Å². The van der Waals surface area contributed by atoms with Crippen molar-refractivity contribution in [2.75, 3.05) is 6.61 Å². The summed E-state index contributed by atoms with van der Waals surface area (Å²) >= 11 is 0. The minimum Gasteiger partial charge on any atom is -0.478 e. The van der Waals surface area contributed by atoms with E-state index in [-0.39, 0.29) is 17.6 Å². The lowest BCUT2D eigenvalue weighted by Gasteiger charge is -2.48. The molecule has 1 aliphatic rings. The van der Waals surface area contributed by atoms with Gasteiger partial charge in [-0.25, -0.2) is 4.79 Å². The molecule has 0 unspecified atom stereocenters. The first kappa shape index (κ1) is 28.3. The van der Waals surface area contributed by atoms with Crippen molar-refractivity contribution in [1.29, 1.82) is 0 Å². The van der Waals surface area contributed by atoms with Gasteiger partial charge in [-0.2, -0.15) is 0 Å². The average molecular weight is 469 g/mol. The third-order valence-electron chi connectivity index (χ3n) is 6.28. The highest BCUT2D eigenvalue weighted by molar-refractivity contribution is 6.74. The Bertz CT molecular complexity index is 789. The maximum absolute atomic E-state index is 12.8. The number of aliphatic carboxylic acids is 1. The number of aliphatic hydroxyl groups is 2. The molecule has 7 nitrogen and oxygen atoms in total. The normalized spacial score (nSPS) is 27.6. The van der Waals surface area contributed by atoms with E-state index >= 15 is 0 Å². The van der Waals surface area contributed by atoms with Crippen molar-refractivity contribution >= 4 is 20.3 Å². The van der Waals surface area contributed by atoms with Crippen LogP contribution >= 0.6 is 0 Å². The molecular formula is C24H40O7Si. The fourth-order valence-corrected chi connectivity index (χ4v) is 4.66. The lowest BCUT2D eigenvalue weighted by molar-refractivity contribution is -0.170. The molecule has 4 atom stereocenters. The monoisotopic (exact) mass is 468 g/mol. The van der Waals surface area contributed by atoms with Gasteiger partial charge in [0.25, 0.3) is 0 Å². The van der Waals surface area contributed by atoms with E-state index in [1.807, 2.05) is 47.7 Å². The largest absolute Gasteiger partial charge is 0.478 e.